The zero-order valence-electron chi connectivity index (χ0n) is 8.45. The van der Waals surface area contributed by atoms with E-state index in [1.807, 2.05) is 0 Å². The number of benzene rings is 1. The van der Waals surface area contributed by atoms with Gasteiger partial charge in [-0.2, -0.15) is 0 Å². The minimum atomic E-state index is -0.453. The van der Waals surface area contributed by atoms with Gasteiger partial charge in [0.05, 0.1) is 10.7 Å². The van der Waals surface area contributed by atoms with E-state index in [0.717, 1.165) is 5.56 Å². The first-order valence-corrected chi connectivity index (χ1v) is 5.19. The van der Waals surface area contributed by atoms with Crippen molar-refractivity contribution in [2.24, 2.45) is 5.73 Å². The topological polar surface area (TPSA) is 38.9 Å². The van der Waals surface area contributed by atoms with Gasteiger partial charge in [0.1, 0.15) is 0 Å². The fourth-order valence-electron chi connectivity index (χ4n) is 1.45. The quantitative estimate of drug-likeness (QED) is 0.871. The highest BCUT2D eigenvalue weighted by atomic mass is 35.5. The lowest BCUT2D eigenvalue weighted by Crippen LogP contribution is -1.97. The molecule has 0 fully saturated rings. The summed E-state index contributed by atoms with van der Waals surface area (Å²) in [5.74, 6) is -0.453. The van der Waals surface area contributed by atoms with Gasteiger partial charge in [0.15, 0.2) is 5.82 Å². The van der Waals surface area contributed by atoms with Crippen LogP contribution in [0.25, 0.3) is 11.3 Å². The van der Waals surface area contributed by atoms with E-state index in [9.17, 15) is 4.39 Å². The van der Waals surface area contributed by atoms with Crippen molar-refractivity contribution in [2.75, 3.05) is 0 Å². The molecule has 0 saturated heterocycles. The van der Waals surface area contributed by atoms with Gasteiger partial charge in [0.2, 0.25) is 0 Å². The van der Waals surface area contributed by atoms with Gasteiger partial charge in [0, 0.05) is 18.3 Å². The average molecular weight is 237 g/mol. The van der Waals surface area contributed by atoms with Crippen LogP contribution in [0.5, 0.6) is 0 Å². The first-order valence-electron chi connectivity index (χ1n) is 4.81. The van der Waals surface area contributed by atoms with E-state index in [1.165, 1.54) is 6.07 Å². The summed E-state index contributed by atoms with van der Waals surface area (Å²) in [6, 6.07) is 8.40. The van der Waals surface area contributed by atoms with E-state index < -0.39 is 5.82 Å². The van der Waals surface area contributed by atoms with Gasteiger partial charge in [-0.3, -0.25) is 4.98 Å². The Morgan fingerprint density at radius 2 is 2.12 bits per heavy atom. The minimum absolute atomic E-state index is 0.0949. The van der Waals surface area contributed by atoms with Crippen molar-refractivity contribution in [3.63, 3.8) is 0 Å². The smallest absolute Gasteiger partial charge is 0.151 e. The average Bonchev–Trinajstić information content (AvgIpc) is 2.33. The molecule has 0 aliphatic heterocycles. The Kier molecular flexibility index (Phi) is 3.17. The van der Waals surface area contributed by atoms with Crippen molar-refractivity contribution in [3.8, 4) is 11.3 Å². The van der Waals surface area contributed by atoms with Gasteiger partial charge in [-0.15, -0.1) is 0 Å². The zero-order valence-corrected chi connectivity index (χ0v) is 9.21. The van der Waals surface area contributed by atoms with Crippen LogP contribution < -0.4 is 5.73 Å². The lowest BCUT2D eigenvalue weighted by Gasteiger charge is -2.05. The molecule has 0 spiro atoms. The number of hydrogen-bond donors (Lipinski definition) is 1. The van der Waals surface area contributed by atoms with Crippen molar-refractivity contribution in [1.29, 1.82) is 0 Å². The molecule has 0 aliphatic rings. The number of halogens is 2. The summed E-state index contributed by atoms with van der Waals surface area (Å²) in [4.78, 5) is 4.11. The Morgan fingerprint density at radius 1 is 1.31 bits per heavy atom. The molecular formula is C12H10ClFN2. The molecule has 2 rings (SSSR count). The lowest BCUT2D eigenvalue weighted by atomic mass is 10.1. The van der Waals surface area contributed by atoms with Crippen LogP contribution in [-0.2, 0) is 6.54 Å². The van der Waals surface area contributed by atoms with Crippen LogP contribution in [-0.4, -0.2) is 4.98 Å². The molecule has 0 unspecified atom stereocenters. The number of pyridine rings is 1. The maximum Gasteiger partial charge on any atom is 0.151 e. The van der Waals surface area contributed by atoms with Crippen molar-refractivity contribution in [3.05, 3.63) is 52.9 Å². The second kappa shape index (κ2) is 4.60. The van der Waals surface area contributed by atoms with Crippen molar-refractivity contribution in [1.82, 2.24) is 4.98 Å². The summed E-state index contributed by atoms with van der Waals surface area (Å²) >= 11 is 5.71. The van der Waals surface area contributed by atoms with E-state index in [2.05, 4.69) is 4.98 Å². The molecule has 0 amide bonds. The molecule has 16 heavy (non-hydrogen) atoms. The fourth-order valence-corrected chi connectivity index (χ4v) is 1.62. The summed E-state index contributed by atoms with van der Waals surface area (Å²) < 4.78 is 13.7. The standard InChI is InChI=1S/C12H10ClFN2/c13-10-3-1-2-9(12(10)14)11-6-8(7-15)4-5-16-11/h1-6H,7,15H2. The molecule has 0 bridgehead atoms. The predicted molar refractivity (Wildman–Crippen MR) is 62.5 cm³/mol. The largest absolute Gasteiger partial charge is 0.326 e. The van der Waals surface area contributed by atoms with E-state index in [1.54, 1.807) is 30.5 Å². The molecule has 0 saturated carbocycles. The first-order chi connectivity index (χ1) is 7.72. The molecule has 1 heterocycles. The fraction of sp³-hybridized carbons (Fsp3) is 0.0833. The number of nitrogens with two attached hydrogens (primary N) is 1. The molecular weight excluding hydrogens is 227 g/mol. The molecule has 1 aromatic carbocycles. The monoisotopic (exact) mass is 236 g/mol. The second-order valence-corrected chi connectivity index (χ2v) is 3.76. The molecule has 1 aromatic heterocycles. The Balaban J connectivity index is 2.54. The van der Waals surface area contributed by atoms with Crippen LogP contribution in [0.15, 0.2) is 36.5 Å². The van der Waals surface area contributed by atoms with Crippen molar-refractivity contribution < 1.29 is 4.39 Å². The van der Waals surface area contributed by atoms with E-state index in [0.29, 0.717) is 17.8 Å². The summed E-state index contributed by atoms with van der Waals surface area (Å²) in [6.45, 7) is 0.401. The molecule has 2 N–H and O–H groups in total. The molecule has 2 nitrogen and oxygen atoms in total. The highest BCUT2D eigenvalue weighted by molar-refractivity contribution is 6.31. The third-order valence-electron chi connectivity index (χ3n) is 2.29. The van der Waals surface area contributed by atoms with Crippen LogP contribution >= 0.6 is 11.6 Å². The SMILES string of the molecule is NCc1ccnc(-c2cccc(Cl)c2F)c1. The van der Waals surface area contributed by atoms with Gasteiger partial charge < -0.3 is 5.73 Å². The van der Waals surface area contributed by atoms with Crippen LogP contribution in [0, 0.1) is 5.82 Å². The summed E-state index contributed by atoms with van der Waals surface area (Å²) in [5, 5.41) is 0.0949. The highest BCUT2D eigenvalue weighted by Gasteiger charge is 2.09. The minimum Gasteiger partial charge on any atom is -0.326 e. The van der Waals surface area contributed by atoms with Crippen molar-refractivity contribution in [2.45, 2.75) is 6.54 Å². The van der Waals surface area contributed by atoms with Gasteiger partial charge in [-0.05, 0) is 29.8 Å². The Morgan fingerprint density at radius 3 is 2.88 bits per heavy atom. The van der Waals surface area contributed by atoms with Crippen LogP contribution in [0.1, 0.15) is 5.56 Å². The molecule has 0 atom stereocenters. The normalized spacial score (nSPS) is 10.4. The first kappa shape index (κ1) is 11.0. The third-order valence-corrected chi connectivity index (χ3v) is 2.58. The lowest BCUT2D eigenvalue weighted by molar-refractivity contribution is 0.631. The van der Waals surface area contributed by atoms with Gasteiger partial charge in [-0.25, -0.2) is 4.39 Å². The molecule has 0 aliphatic carbocycles. The number of hydrogen-bond acceptors (Lipinski definition) is 2. The van der Waals surface area contributed by atoms with Crippen LogP contribution in [0.2, 0.25) is 5.02 Å². The maximum absolute atomic E-state index is 13.7. The van der Waals surface area contributed by atoms with Gasteiger partial charge in [-0.1, -0.05) is 17.7 Å². The van der Waals surface area contributed by atoms with Gasteiger partial charge in [0.25, 0.3) is 0 Å². The molecule has 82 valence electrons. The highest BCUT2D eigenvalue weighted by Crippen LogP contribution is 2.26. The predicted octanol–water partition coefficient (Wildman–Crippen LogP) is 3.00. The third kappa shape index (κ3) is 2.05. The Hall–Kier alpha value is -1.45. The summed E-state index contributed by atoms with van der Waals surface area (Å²) in [7, 11) is 0. The summed E-state index contributed by atoms with van der Waals surface area (Å²) in [6.07, 6.45) is 1.61. The second-order valence-electron chi connectivity index (χ2n) is 3.35. The Bertz CT molecular complexity index is 514. The molecule has 4 heteroatoms. The summed E-state index contributed by atoms with van der Waals surface area (Å²) in [5.41, 5.74) is 7.36. The van der Waals surface area contributed by atoms with E-state index in [-0.39, 0.29) is 5.02 Å². The Labute approximate surface area is 97.9 Å². The molecule has 2 aromatic rings. The van der Waals surface area contributed by atoms with Crippen LogP contribution in [0.3, 0.4) is 0 Å². The van der Waals surface area contributed by atoms with E-state index in [4.69, 9.17) is 17.3 Å². The van der Waals surface area contributed by atoms with Gasteiger partial charge >= 0.3 is 0 Å². The number of nitrogens with zero attached hydrogens (tertiary/aromatic N) is 1. The number of rotatable bonds is 2. The van der Waals surface area contributed by atoms with Crippen LogP contribution in [0.4, 0.5) is 4.39 Å². The van der Waals surface area contributed by atoms with Crippen molar-refractivity contribution >= 4 is 11.6 Å². The number of aromatic nitrogens is 1. The maximum atomic E-state index is 13.7. The van der Waals surface area contributed by atoms with E-state index >= 15 is 0 Å². The molecule has 0 radical (unpaired) electrons. The zero-order chi connectivity index (χ0) is 11.5.